The van der Waals surface area contributed by atoms with Crippen molar-refractivity contribution in [2.75, 3.05) is 7.11 Å². The van der Waals surface area contributed by atoms with Gasteiger partial charge in [-0.1, -0.05) is 22.0 Å². The Morgan fingerprint density at radius 1 is 1.21 bits per heavy atom. The first-order valence-corrected chi connectivity index (χ1v) is 7.59. The molecule has 0 unspecified atom stereocenters. The van der Waals surface area contributed by atoms with Crippen molar-refractivity contribution in [3.8, 4) is 11.5 Å². The predicted octanol–water partition coefficient (Wildman–Crippen LogP) is 4.33. The van der Waals surface area contributed by atoms with Crippen LogP contribution in [0.3, 0.4) is 0 Å². The highest BCUT2D eigenvalue weighted by Gasteiger charge is 2.05. The summed E-state index contributed by atoms with van der Waals surface area (Å²) in [4.78, 5) is 4.11. The zero-order valence-corrected chi connectivity index (χ0v) is 13.6. The topological polar surface area (TPSA) is 31.4 Å². The molecule has 0 saturated heterocycles. The number of aromatic nitrogens is 1. The Morgan fingerprint density at radius 3 is 2.74 bits per heavy atom. The van der Waals surface area contributed by atoms with Crippen molar-refractivity contribution < 1.29 is 9.47 Å². The molecule has 0 aliphatic carbocycles. The third-order valence-electron chi connectivity index (χ3n) is 2.57. The summed E-state index contributed by atoms with van der Waals surface area (Å²) in [5, 5.41) is 0.739. The van der Waals surface area contributed by atoms with Gasteiger partial charge in [0.05, 0.1) is 7.11 Å². The summed E-state index contributed by atoms with van der Waals surface area (Å²) in [7, 11) is 1.64. The summed E-state index contributed by atoms with van der Waals surface area (Å²) in [6.45, 7) is 0.472. The number of alkyl halides is 1. The average Bonchev–Trinajstić information content (AvgIpc) is 2.45. The zero-order valence-electron chi connectivity index (χ0n) is 10.4. The summed E-state index contributed by atoms with van der Waals surface area (Å²) in [5.74, 6) is 1.60. The van der Waals surface area contributed by atoms with Crippen molar-refractivity contribution in [1.82, 2.24) is 4.98 Å². The normalized spacial score (nSPS) is 10.3. The largest absolute Gasteiger partial charge is 0.497 e. The fourth-order valence-electron chi connectivity index (χ4n) is 1.60. The van der Waals surface area contributed by atoms with Crippen LogP contribution in [0.2, 0.25) is 0 Å². The lowest BCUT2D eigenvalue weighted by Crippen LogP contribution is -1.99. The van der Waals surface area contributed by atoms with Gasteiger partial charge in [-0.2, -0.15) is 0 Å². The quantitative estimate of drug-likeness (QED) is 0.716. The molecule has 0 fully saturated rings. The van der Waals surface area contributed by atoms with E-state index in [0.29, 0.717) is 6.61 Å². The van der Waals surface area contributed by atoms with Gasteiger partial charge in [-0.25, -0.2) is 0 Å². The van der Waals surface area contributed by atoms with Crippen molar-refractivity contribution >= 4 is 31.9 Å². The van der Waals surface area contributed by atoms with Gasteiger partial charge in [0.1, 0.15) is 18.1 Å². The van der Waals surface area contributed by atoms with Crippen molar-refractivity contribution in [3.05, 3.63) is 52.3 Å². The number of rotatable bonds is 5. The van der Waals surface area contributed by atoms with Gasteiger partial charge >= 0.3 is 0 Å². The SMILES string of the molecule is COc1ccc(CBr)c(OCc2cncc(Br)c2)c1. The van der Waals surface area contributed by atoms with Crippen LogP contribution in [0, 0.1) is 0 Å². The first-order chi connectivity index (χ1) is 9.22. The Morgan fingerprint density at radius 2 is 2.05 bits per heavy atom. The molecule has 19 heavy (non-hydrogen) atoms. The highest BCUT2D eigenvalue weighted by molar-refractivity contribution is 9.10. The summed E-state index contributed by atoms with van der Waals surface area (Å²) in [6.07, 6.45) is 3.54. The fourth-order valence-corrected chi connectivity index (χ4v) is 2.48. The Bertz CT molecular complexity index is 561. The molecule has 100 valence electrons. The maximum absolute atomic E-state index is 5.84. The molecule has 0 saturated carbocycles. The second-order valence-electron chi connectivity index (χ2n) is 3.91. The number of hydrogen-bond donors (Lipinski definition) is 0. The predicted molar refractivity (Wildman–Crippen MR) is 81.9 cm³/mol. The number of hydrogen-bond acceptors (Lipinski definition) is 3. The number of halogens is 2. The van der Waals surface area contributed by atoms with E-state index in [1.54, 1.807) is 19.5 Å². The van der Waals surface area contributed by atoms with Gasteiger partial charge in [0.15, 0.2) is 0 Å². The molecule has 0 aliphatic heterocycles. The highest BCUT2D eigenvalue weighted by Crippen LogP contribution is 2.27. The molecule has 2 rings (SSSR count). The van der Waals surface area contributed by atoms with Gasteiger partial charge in [0.25, 0.3) is 0 Å². The summed E-state index contributed by atoms with van der Waals surface area (Å²) in [5.41, 5.74) is 2.10. The molecule has 0 spiro atoms. The van der Waals surface area contributed by atoms with E-state index in [1.807, 2.05) is 24.3 Å². The highest BCUT2D eigenvalue weighted by atomic mass is 79.9. The lowest BCUT2D eigenvalue weighted by atomic mass is 10.2. The first kappa shape index (κ1) is 14.3. The van der Waals surface area contributed by atoms with Crippen LogP contribution in [0.5, 0.6) is 11.5 Å². The zero-order chi connectivity index (χ0) is 13.7. The van der Waals surface area contributed by atoms with Crippen LogP contribution in [0.1, 0.15) is 11.1 Å². The Hall–Kier alpha value is -1.07. The van der Waals surface area contributed by atoms with Crippen molar-refractivity contribution in [1.29, 1.82) is 0 Å². The minimum atomic E-state index is 0.472. The van der Waals surface area contributed by atoms with Gasteiger partial charge in [0.2, 0.25) is 0 Å². The molecule has 0 N–H and O–H groups in total. The molecule has 1 aromatic carbocycles. The average molecular weight is 387 g/mol. The Labute approximate surface area is 129 Å². The third-order valence-corrected chi connectivity index (χ3v) is 3.61. The van der Waals surface area contributed by atoms with Crippen LogP contribution in [-0.2, 0) is 11.9 Å². The van der Waals surface area contributed by atoms with Crippen molar-refractivity contribution in [3.63, 3.8) is 0 Å². The molecule has 2 aromatic rings. The smallest absolute Gasteiger partial charge is 0.127 e. The third kappa shape index (κ3) is 3.94. The van der Waals surface area contributed by atoms with E-state index in [4.69, 9.17) is 9.47 Å². The van der Waals surface area contributed by atoms with E-state index in [9.17, 15) is 0 Å². The van der Waals surface area contributed by atoms with Crippen LogP contribution in [0.25, 0.3) is 0 Å². The molecular formula is C14H13Br2NO2. The molecule has 0 bridgehead atoms. The maximum Gasteiger partial charge on any atom is 0.127 e. The molecule has 0 aliphatic rings. The lowest BCUT2D eigenvalue weighted by molar-refractivity contribution is 0.301. The molecule has 1 heterocycles. The van der Waals surface area contributed by atoms with Gasteiger partial charge in [-0.3, -0.25) is 4.98 Å². The maximum atomic E-state index is 5.84. The lowest BCUT2D eigenvalue weighted by Gasteiger charge is -2.11. The van der Waals surface area contributed by atoms with Crippen LogP contribution in [-0.4, -0.2) is 12.1 Å². The van der Waals surface area contributed by atoms with Crippen molar-refractivity contribution in [2.45, 2.75) is 11.9 Å². The number of benzene rings is 1. The Balaban J connectivity index is 2.14. The van der Waals surface area contributed by atoms with E-state index in [2.05, 4.69) is 36.8 Å². The number of nitrogens with zero attached hydrogens (tertiary/aromatic N) is 1. The molecule has 3 nitrogen and oxygen atoms in total. The summed E-state index contributed by atoms with van der Waals surface area (Å²) < 4.78 is 12.0. The minimum Gasteiger partial charge on any atom is -0.497 e. The standard InChI is InChI=1S/C14H13Br2NO2/c1-18-13-3-2-11(6-15)14(5-13)19-9-10-4-12(16)8-17-7-10/h2-5,7-8H,6,9H2,1H3. The second-order valence-corrected chi connectivity index (χ2v) is 5.38. The van der Waals surface area contributed by atoms with E-state index in [0.717, 1.165) is 32.4 Å². The summed E-state index contributed by atoms with van der Waals surface area (Å²) >= 11 is 6.85. The summed E-state index contributed by atoms with van der Waals surface area (Å²) in [6, 6.07) is 7.79. The molecule has 0 atom stereocenters. The Kier molecular flexibility index (Phi) is 5.22. The van der Waals surface area contributed by atoms with Crippen LogP contribution in [0.15, 0.2) is 41.1 Å². The van der Waals surface area contributed by atoms with Gasteiger partial charge < -0.3 is 9.47 Å². The van der Waals surface area contributed by atoms with Crippen LogP contribution >= 0.6 is 31.9 Å². The van der Waals surface area contributed by atoms with Crippen LogP contribution in [0.4, 0.5) is 0 Å². The minimum absolute atomic E-state index is 0.472. The van der Waals surface area contributed by atoms with Gasteiger partial charge in [-0.15, -0.1) is 0 Å². The second kappa shape index (κ2) is 6.91. The number of methoxy groups -OCH3 is 1. The van der Waals surface area contributed by atoms with Crippen molar-refractivity contribution in [2.24, 2.45) is 0 Å². The van der Waals surface area contributed by atoms with Gasteiger partial charge in [-0.05, 0) is 28.1 Å². The van der Waals surface area contributed by atoms with Crippen LogP contribution < -0.4 is 9.47 Å². The first-order valence-electron chi connectivity index (χ1n) is 5.68. The van der Waals surface area contributed by atoms with E-state index in [1.165, 1.54) is 0 Å². The van der Waals surface area contributed by atoms with E-state index < -0.39 is 0 Å². The monoisotopic (exact) mass is 385 g/mol. The van der Waals surface area contributed by atoms with Gasteiger partial charge in [0, 0.05) is 39.4 Å². The molecule has 0 amide bonds. The molecule has 0 radical (unpaired) electrons. The van der Waals surface area contributed by atoms with E-state index >= 15 is 0 Å². The fraction of sp³-hybridized carbons (Fsp3) is 0.214. The number of ether oxygens (including phenoxy) is 2. The number of pyridine rings is 1. The molecular weight excluding hydrogens is 374 g/mol. The molecule has 1 aromatic heterocycles. The molecule has 5 heteroatoms. The van der Waals surface area contributed by atoms with E-state index in [-0.39, 0.29) is 0 Å².